The maximum atomic E-state index is 6.03. The molecule has 0 aliphatic heterocycles. The van der Waals surface area contributed by atoms with E-state index < -0.39 is 0 Å². The lowest BCUT2D eigenvalue weighted by Crippen LogP contribution is -1.97. The van der Waals surface area contributed by atoms with Gasteiger partial charge in [0.05, 0.1) is 9.26 Å². The maximum Gasteiger partial charge on any atom is 0.236 e. The van der Waals surface area contributed by atoms with Gasteiger partial charge in [-0.1, -0.05) is 42.5 Å². The topological polar surface area (TPSA) is 65.4 Å². The van der Waals surface area contributed by atoms with Crippen molar-refractivity contribution in [3.05, 3.63) is 76.1 Å². The van der Waals surface area contributed by atoms with Crippen LogP contribution in [0.25, 0.3) is 17.0 Å². The number of rotatable bonds is 4. The molecular formula is C19H15IN4O. The van der Waals surface area contributed by atoms with Gasteiger partial charge in [-0.3, -0.25) is 4.40 Å². The van der Waals surface area contributed by atoms with Crippen LogP contribution < -0.4 is 10.5 Å². The largest absolute Gasteiger partial charge is 0.488 e. The van der Waals surface area contributed by atoms with Crippen molar-refractivity contribution in [1.29, 1.82) is 0 Å². The molecule has 2 N–H and O–H groups in total. The Balaban J connectivity index is 1.68. The molecule has 4 rings (SSSR count). The summed E-state index contributed by atoms with van der Waals surface area (Å²) < 4.78 is 8.79. The molecule has 0 fully saturated rings. The van der Waals surface area contributed by atoms with Crippen molar-refractivity contribution in [3.63, 3.8) is 0 Å². The molecule has 0 amide bonds. The number of imidazole rings is 1. The molecule has 0 unspecified atom stereocenters. The lowest BCUT2D eigenvalue weighted by atomic mass is 10.1. The minimum atomic E-state index is 0.485. The van der Waals surface area contributed by atoms with Crippen molar-refractivity contribution in [3.8, 4) is 17.0 Å². The molecule has 6 heteroatoms. The highest BCUT2D eigenvalue weighted by Gasteiger charge is 2.12. The number of nitrogens with two attached hydrogens (primary N) is 1. The van der Waals surface area contributed by atoms with Crippen LogP contribution in [-0.2, 0) is 6.61 Å². The number of benzene rings is 2. The van der Waals surface area contributed by atoms with Crippen LogP contribution in [0.4, 0.5) is 5.82 Å². The number of para-hydroxylation sites is 1. The monoisotopic (exact) mass is 442 g/mol. The lowest BCUT2D eigenvalue weighted by Gasteiger charge is -2.10. The van der Waals surface area contributed by atoms with Gasteiger partial charge in [-0.2, -0.15) is 4.98 Å². The lowest BCUT2D eigenvalue weighted by molar-refractivity contribution is 0.307. The van der Waals surface area contributed by atoms with Gasteiger partial charge < -0.3 is 10.5 Å². The van der Waals surface area contributed by atoms with E-state index in [1.807, 2.05) is 71.4 Å². The third kappa shape index (κ3) is 3.30. The van der Waals surface area contributed by atoms with Gasteiger partial charge in [-0.15, -0.1) is 0 Å². The van der Waals surface area contributed by atoms with Crippen molar-refractivity contribution < 1.29 is 4.74 Å². The van der Waals surface area contributed by atoms with E-state index in [4.69, 9.17) is 10.5 Å². The summed E-state index contributed by atoms with van der Waals surface area (Å²) in [6.07, 6.45) is 3.86. The highest BCUT2D eigenvalue weighted by Crippen LogP contribution is 2.30. The van der Waals surface area contributed by atoms with Gasteiger partial charge in [-0.05, 0) is 40.3 Å². The molecule has 0 bridgehead atoms. The second kappa shape index (κ2) is 6.72. The summed E-state index contributed by atoms with van der Waals surface area (Å²) in [6.45, 7) is 0.508. The zero-order valence-corrected chi connectivity index (χ0v) is 15.4. The highest BCUT2D eigenvalue weighted by atomic mass is 127. The summed E-state index contributed by atoms with van der Waals surface area (Å²) in [5, 5.41) is 0. The van der Waals surface area contributed by atoms with Crippen LogP contribution >= 0.6 is 22.6 Å². The van der Waals surface area contributed by atoms with E-state index >= 15 is 0 Å². The first-order valence-corrected chi connectivity index (χ1v) is 8.85. The maximum absolute atomic E-state index is 6.03. The number of halogens is 1. The summed E-state index contributed by atoms with van der Waals surface area (Å²) in [5.74, 6) is 1.85. The molecule has 0 atom stereocenters. The fourth-order valence-electron chi connectivity index (χ4n) is 2.58. The zero-order valence-electron chi connectivity index (χ0n) is 13.3. The Kier molecular flexibility index (Phi) is 4.27. The summed E-state index contributed by atoms with van der Waals surface area (Å²) in [4.78, 5) is 8.91. The van der Waals surface area contributed by atoms with Crippen molar-refractivity contribution in [1.82, 2.24) is 14.4 Å². The Morgan fingerprint density at radius 2 is 1.72 bits per heavy atom. The van der Waals surface area contributed by atoms with E-state index in [9.17, 15) is 0 Å². The number of hydrogen-bond acceptors (Lipinski definition) is 4. The second-order valence-corrected chi connectivity index (χ2v) is 6.74. The van der Waals surface area contributed by atoms with Gasteiger partial charge in [0.15, 0.2) is 0 Å². The molecule has 2 aromatic heterocycles. The molecule has 25 heavy (non-hydrogen) atoms. The highest BCUT2D eigenvalue weighted by molar-refractivity contribution is 14.1. The average Bonchev–Trinajstić information content (AvgIpc) is 3.04. The third-order valence-corrected chi connectivity index (χ3v) is 4.66. The summed E-state index contributed by atoms with van der Waals surface area (Å²) >= 11 is 2.16. The van der Waals surface area contributed by atoms with Gasteiger partial charge in [0.2, 0.25) is 5.78 Å². The molecule has 4 aromatic rings. The molecule has 5 nitrogen and oxygen atoms in total. The van der Waals surface area contributed by atoms with Crippen LogP contribution in [0, 0.1) is 3.57 Å². The predicted octanol–water partition coefficient (Wildman–Crippen LogP) is 4.16. The predicted molar refractivity (Wildman–Crippen MR) is 106 cm³/mol. The SMILES string of the molecule is Nc1nc2nc(-c3ccccc3OCc3ccccc3)cn2cc1I. The van der Waals surface area contributed by atoms with Gasteiger partial charge in [0, 0.05) is 18.0 Å². The van der Waals surface area contributed by atoms with Crippen LogP contribution in [0.2, 0.25) is 0 Å². The van der Waals surface area contributed by atoms with Gasteiger partial charge >= 0.3 is 0 Å². The van der Waals surface area contributed by atoms with Gasteiger partial charge in [0.1, 0.15) is 18.2 Å². The van der Waals surface area contributed by atoms with E-state index in [2.05, 4.69) is 32.6 Å². The first kappa shape index (κ1) is 15.9. The van der Waals surface area contributed by atoms with Crippen LogP contribution in [-0.4, -0.2) is 14.4 Å². The molecule has 2 heterocycles. The van der Waals surface area contributed by atoms with Crippen molar-refractivity contribution in [2.75, 3.05) is 5.73 Å². The summed E-state index contributed by atoms with van der Waals surface area (Å²) in [6, 6.07) is 18.0. The average molecular weight is 442 g/mol. The van der Waals surface area contributed by atoms with Gasteiger partial charge in [-0.25, -0.2) is 4.98 Å². The van der Waals surface area contributed by atoms with Crippen LogP contribution in [0.15, 0.2) is 67.0 Å². The molecular weight excluding hydrogens is 427 g/mol. The Labute approximate surface area is 158 Å². The Morgan fingerprint density at radius 3 is 2.56 bits per heavy atom. The summed E-state index contributed by atoms with van der Waals surface area (Å²) in [5.41, 5.74) is 8.73. The normalized spacial score (nSPS) is 10.9. The first-order chi connectivity index (χ1) is 12.2. The van der Waals surface area contributed by atoms with Crippen LogP contribution in [0.1, 0.15) is 5.56 Å². The van der Waals surface area contributed by atoms with Gasteiger partial charge in [0.25, 0.3) is 0 Å². The Hall–Kier alpha value is -2.61. The Morgan fingerprint density at radius 1 is 0.960 bits per heavy atom. The zero-order chi connectivity index (χ0) is 17.2. The summed E-state index contributed by atoms with van der Waals surface area (Å²) in [7, 11) is 0. The fraction of sp³-hybridized carbons (Fsp3) is 0.0526. The standard InChI is InChI=1S/C19H15IN4O/c20-15-10-24-11-16(22-19(24)23-18(15)21)14-8-4-5-9-17(14)25-12-13-6-2-1-3-7-13/h1-11H,12H2,(H2,21,22,23). The minimum Gasteiger partial charge on any atom is -0.488 e. The van der Waals surface area contributed by atoms with Crippen molar-refractivity contribution >= 4 is 34.2 Å². The number of nitrogens with zero attached hydrogens (tertiary/aromatic N) is 3. The molecule has 0 saturated heterocycles. The number of hydrogen-bond donors (Lipinski definition) is 1. The van der Waals surface area contributed by atoms with Crippen LogP contribution in [0.3, 0.4) is 0 Å². The number of ether oxygens (including phenoxy) is 1. The van der Waals surface area contributed by atoms with E-state index in [1.165, 1.54) is 0 Å². The fourth-order valence-corrected chi connectivity index (χ4v) is 3.00. The molecule has 2 aromatic carbocycles. The van der Waals surface area contributed by atoms with Crippen LogP contribution in [0.5, 0.6) is 5.75 Å². The quantitative estimate of drug-likeness (QED) is 0.482. The second-order valence-electron chi connectivity index (χ2n) is 5.58. The molecule has 0 aliphatic rings. The third-order valence-electron chi connectivity index (χ3n) is 3.83. The minimum absolute atomic E-state index is 0.485. The Bertz CT molecular complexity index is 991. The molecule has 0 spiro atoms. The molecule has 0 aliphatic carbocycles. The van der Waals surface area contributed by atoms with E-state index in [0.717, 1.165) is 26.1 Å². The number of anilines is 1. The number of aromatic nitrogens is 3. The molecule has 0 saturated carbocycles. The molecule has 0 radical (unpaired) electrons. The van der Waals surface area contributed by atoms with Crippen molar-refractivity contribution in [2.45, 2.75) is 6.61 Å². The number of nitrogen functional groups attached to an aromatic ring is 1. The van der Waals surface area contributed by atoms with Crippen molar-refractivity contribution in [2.24, 2.45) is 0 Å². The van der Waals surface area contributed by atoms with E-state index in [0.29, 0.717) is 18.2 Å². The molecule has 124 valence electrons. The smallest absolute Gasteiger partial charge is 0.236 e. The first-order valence-electron chi connectivity index (χ1n) is 7.77. The number of fused-ring (bicyclic) bond motifs is 1. The van der Waals surface area contributed by atoms with E-state index in [-0.39, 0.29) is 0 Å². The van der Waals surface area contributed by atoms with E-state index in [1.54, 1.807) is 0 Å².